The van der Waals surface area contributed by atoms with Crippen molar-refractivity contribution in [3.63, 3.8) is 0 Å². The maximum absolute atomic E-state index is 12.6. The first-order valence-corrected chi connectivity index (χ1v) is 9.58. The Balaban J connectivity index is 1.91. The zero-order valence-corrected chi connectivity index (χ0v) is 16.1. The van der Waals surface area contributed by atoms with Crippen LogP contribution in [-0.4, -0.2) is 18.1 Å². The lowest BCUT2D eigenvalue weighted by molar-refractivity contribution is -0.161. The monoisotopic (exact) mass is 389 g/mol. The van der Waals surface area contributed by atoms with Gasteiger partial charge in [0, 0.05) is 16.1 Å². The van der Waals surface area contributed by atoms with Crippen LogP contribution in [0, 0.1) is 11.3 Å². The summed E-state index contributed by atoms with van der Waals surface area (Å²) in [4.78, 5) is 15.9. The number of benzene rings is 1. The Morgan fingerprint density at radius 3 is 2.92 bits per heavy atom. The number of fused-ring (bicyclic) bond motifs is 5. The first-order chi connectivity index (χ1) is 11.4. The molecule has 128 valence electrons. The predicted molar refractivity (Wildman–Crippen MR) is 99.1 cm³/mol. The van der Waals surface area contributed by atoms with Crippen LogP contribution in [0.2, 0.25) is 0 Å². The van der Waals surface area contributed by atoms with Gasteiger partial charge in [-0.25, -0.2) is 0 Å². The van der Waals surface area contributed by atoms with Crippen LogP contribution in [0.4, 0.5) is 0 Å². The third kappa shape index (κ3) is 1.98. The van der Waals surface area contributed by atoms with E-state index in [9.17, 15) is 4.79 Å². The molecular formula is C20H24BrNO2. The van der Waals surface area contributed by atoms with E-state index in [1.54, 1.807) is 0 Å². The van der Waals surface area contributed by atoms with Gasteiger partial charge < -0.3 is 9.72 Å². The Bertz CT molecular complexity index is 826. The van der Waals surface area contributed by atoms with Crippen molar-refractivity contribution in [3.8, 4) is 0 Å². The molecule has 1 N–H and O–H groups in total. The quantitative estimate of drug-likeness (QED) is 0.688. The highest BCUT2D eigenvalue weighted by molar-refractivity contribution is 9.10. The largest absolute Gasteiger partial charge is 0.469 e. The Kier molecular flexibility index (Phi) is 3.61. The minimum Gasteiger partial charge on any atom is -0.469 e. The number of aromatic amines is 1. The number of methoxy groups -OCH3 is 1. The number of hydrogen-bond donors (Lipinski definition) is 1. The van der Waals surface area contributed by atoms with Crippen molar-refractivity contribution in [2.75, 3.05) is 7.11 Å². The predicted octanol–water partition coefficient (Wildman–Crippen LogP) is 5.11. The summed E-state index contributed by atoms with van der Waals surface area (Å²) in [6, 6.07) is 4.48. The van der Waals surface area contributed by atoms with Gasteiger partial charge in [-0.05, 0) is 83.1 Å². The molecule has 4 rings (SSSR count). The molecule has 0 radical (unpaired) electrons. The van der Waals surface area contributed by atoms with Gasteiger partial charge in [-0.3, -0.25) is 4.79 Å². The Morgan fingerprint density at radius 2 is 2.17 bits per heavy atom. The number of hydrogen-bond acceptors (Lipinski definition) is 2. The lowest BCUT2D eigenvalue weighted by Gasteiger charge is -2.54. The molecule has 2 aliphatic rings. The Labute approximate surface area is 151 Å². The van der Waals surface area contributed by atoms with Gasteiger partial charge in [0.1, 0.15) is 0 Å². The second-order valence-electron chi connectivity index (χ2n) is 7.92. The first-order valence-electron chi connectivity index (χ1n) is 8.79. The molecule has 1 unspecified atom stereocenters. The van der Waals surface area contributed by atoms with Gasteiger partial charge in [0.2, 0.25) is 0 Å². The minimum absolute atomic E-state index is 0.0305. The molecule has 0 spiro atoms. The van der Waals surface area contributed by atoms with Crippen molar-refractivity contribution in [3.05, 3.63) is 33.9 Å². The van der Waals surface area contributed by atoms with E-state index in [0.717, 1.165) is 36.6 Å². The second kappa shape index (κ2) is 5.35. The summed E-state index contributed by atoms with van der Waals surface area (Å²) in [5.74, 6) is 0.297. The molecule has 0 bridgehead atoms. The van der Waals surface area contributed by atoms with Crippen LogP contribution in [-0.2, 0) is 21.4 Å². The second-order valence-corrected chi connectivity index (χ2v) is 8.78. The SMILES string of the molecule is COC(=O)[C@]1(C)CCC[C@]2(C)c3cc(Br)c4[nH]ccc4c3CCC12. The van der Waals surface area contributed by atoms with Gasteiger partial charge in [0.15, 0.2) is 0 Å². The van der Waals surface area contributed by atoms with Gasteiger partial charge in [-0.1, -0.05) is 13.3 Å². The van der Waals surface area contributed by atoms with Crippen LogP contribution >= 0.6 is 15.9 Å². The molecule has 1 aromatic heterocycles. The Morgan fingerprint density at radius 1 is 1.38 bits per heavy atom. The van der Waals surface area contributed by atoms with Gasteiger partial charge >= 0.3 is 5.97 Å². The van der Waals surface area contributed by atoms with E-state index in [0.29, 0.717) is 5.92 Å². The molecule has 3 nitrogen and oxygen atoms in total. The van der Waals surface area contributed by atoms with Crippen LogP contribution in [0.1, 0.15) is 50.7 Å². The maximum Gasteiger partial charge on any atom is 0.311 e. The van der Waals surface area contributed by atoms with E-state index in [1.807, 2.05) is 6.20 Å². The van der Waals surface area contributed by atoms with Crippen molar-refractivity contribution in [2.24, 2.45) is 11.3 Å². The fourth-order valence-electron chi connectivity index (χ4n) is 5.63. The number of carbonyl (C=O) groups excluding carboxylic acids is 1. The lowest BCUT2D eigenvalue weighted by Crippen LogP contribution is -2.52. The summed E-state index contributed by atoms with van der Waals surface area (Å²) >= 11 is 3.74. The number of halogens is 1. The molecule has 4 heteroatoms. The summed E-state index contributed by atoms with van der Waals surface area (Å²) in [7, 11) is 1.52. The average Bonchev–Trinajstić information content (AvgIpc) is 3.05. The van der Waals surface area contributed by atoms with Gasteiger partial charge in [-0.15, -0.1) is 0 Å². The summed E-state index contributed by atoms with van der Waals surface area (Å²) in [6.07, 6.45) is 7.24. The standard InChI is InChI=1S/C20H24BrNO2/c1-19-8-4-9-20(2,18(23)24-3)16(19)6-5-12-13-7-10-22-17(13)15(21)11-14(12)19/h7,10-11,16,22H,4-6,8-9H2,1-3H3/t16?,19-,20-/m1/s1. The van der Waals surface area contributed by atoms with E-state index < -0.39 is 0 Å². The van der Waals surface area contributed by atoms with E-state index in [-0.39, 0.29) is 16.8 Å². The lowest BCUT2D eigenvalue weighted by atomic mass is 9.49. The number of H-pyrrole nitrogens is 1. The number of carbonyl (C=O) groups is 1. The number of nitrogens with one attached hydrogen (secondary N) is 1. The molecule has 1 heterocycles. The normalized spacial score (nSPS) is 32.2. The van der Waals surface area contributed by atoms with Crippen molar-refractivity contribution >= 4 is 32.8 Å². The topological polar surface area (TPSA) is 42.1 Å². The van der Waals surface area contributed by atoms with Crippen LogP contribution in [0.5, 0.6) is 0 Å². The van der Waals surface area contributed by atoms with Gasteiger partial charge in [0.05, 0.1) is 18.0 Å². The van der Waals surface area contributed by atoms with Crippen molar-refractivity contribution in [1.82, 2.24) is 4.98 Å². The fraction of sp³-hybridized carbons (Fsp3) is 0.550. The third-order valence-corrected chi connectivity index (χ3v) is 7.41. The molecule has 1 saturated carbocycles. The molecular weight excluding hydrogens is 366 g/mol. The number of rotatable bonds is 1. The van der Waals surface area contributed by atoms with E-state index in [1.165, 1.54) is 29.1 Å². The van der Waals surface area contributed by atoms with Crippen LogP contribution in [0.15, 0.2) is 22.8 Å². The van der Waals surface area contributed by atoms with E-state index in [4.69, 9.17) is 4.74 Å². The maximum atomic E-state index is 12.6. The van der Waals surface area contributed by atoms with E-state index >= 15 is 0 Å². The van der Waals surface area contributed by atoms with Gasteiger partial charge in [-0.2, -0.15) is 0 Å². The first kappa shape index (κ1) is 16.2. The fourth-order valence-corrected chi connectivity index (χ4v) is 6.19. The van der Waals surface area contributed by atoms with Crippen molar-refractivity contribution in [1.29, 1.82) is 0 Å². The highest BCUT2D eigenvalue weighted by Gasteiger charge is 2.55. The van der Waals surface area contributed by atoms with Crippen molar-refractivity contribution < 1.29 is 9.53 Å². The van der Waals surface area contributed by atoms with Crippen LogP contribution < -0.4 is 0 Å². The number of esters is 1. The minimum atomic E-state index is -0.376. The molecule has 3 atom stereocenters. The van der Waals surface area contributed by atoms with Crippen LogP contribution in [0.25, 0.3) is 10.9 Å². The number of aromatic nitrogens is 1. The molecule has 0 saturated heterocycles. The molecule has 2 aromatic rings. The smallest absolute Gasteiger partial charge is 0.311 e. The summed E-state index contributed by atoms with van der Waals surface area (Å²) in [5.41, 5.74) is 3.72. The summed E-state index contributed by atoms with van der Waals surface area (Å²) in [6.45, 7) is 4.48. The van der Waals surface area contributed by atoms with Crippen molar-refractivity contribution in [2.45, 2.75) is 51.4 Å². The number of ether oxygens (including phenoxy) is 1. The summed E-state index contributed by atoms with van der Waals surface area (Å²) in [5, 5.41) is 1.32. The zero-order valence-electron chi connectivity index (χ0n) is 14.5. The third-order valence-electron chi connectivity index (χ3n) is 6.79. The number of aryl methyl sites for hydroxylation is 1. The molecule has 0 amide bonds. The van der Waals surface area contributed by atoms with Crippen LogP contribution in [0.3, 0.4) is 0 Å². The van der Waals surface area contributed by atoms with Gasteiger partial charge in [0.25, 0.3) is 0 Å². The zero-order chi connectivity index (χ0) is 17.1. The molecule has 1 fully saturated rings. The summed E-state index contributed by atoms with van der Waals surface area (Å²) < 4.78 is 6.32. The molecule has 1 aromatic carbocycles. The molecule has 2 aliphatic carbocycles. The highest BCUT2D eigenvalue weighted by Crippen LogP contribution is 2.58. The van der Waals surface area contributed by atoms with E-state index in [2.05, 4.69) is 46.9 Å². The Hall–Kier alpha value is -1.29. The molecule has 24 heavy (non-hydrogen) atoms. The molecule has 0 aliphatic heterocycles. The highest BCUT2D eigenvalue weighted by atomic mass is 79.9. The average molecular weight is 390 g/mol.